The van der Waals surface area contributed by atoms with Gasteiger partial charge >= 0.3 is 6.18 Å². The Labute approximate surface area is 213 Å². The number of carbonyl (C=O) groups is 1. The summed E-state index contributed by atoms with van der Waals surface area (Å²) < 4.78 is 41.6. The number of imidazole rings is 1. The first-order chi connectivity index (χ1) is 16.5. The van der Waals surface area contributed by atoms with Gasteiger partial charge in [-0.05, 0) is 61.1 Å². The molecule has 4 nitrogen and oxygen atoms in total. The zero-order valence-electron chi connectivity index (χ0n) is 20.0. The monoisotopic (exact) mass is 525 g/mol. The summed E-state index contributed by atoms with van der Waals surface area (Å²) in [7, 11) is 1.67. The molecule has 0 unspecified atom stereocenters. The van der Waals surface area contributed by atoms with Crippen molar-refractivity contribution in [1.29, 1.82) is 0 Å². The fraction of sp³-hybridized carbons (Fsp3) is 0.462. The quantitative estimate of drug-likeness (QED) is 0.346. The molecule has 0 N–H and O–H groups in total. The summed E-state index contributed by atoms with van der Waals surface area (Å²) in [6.07, 6.45) is 0.0205. The van der Waals surface area contributed by atoms with Crippen LogP contribution in [-0.4, -0.2) is 33.4 Å². The zero-order chi connectivity index (χ0) is 25.5. The van der Waals surface area contributed by atoms with E-state index in [1.807, 2.05) is 4.90 Å². The number of halogens is 5. The number of benzene rings is 2. The lowest BCUT2D eigenvalue weighted by Crippen LogP contribution is -2.38. The van der Waals surface area contributed by atoms with Gasteiger partial charge in [-0.25, -0.2) is 4.98 Å². The lowest BCUT2D eigenvalue weighted by molar-refractivity contribution is -0.137. The summed E-state index contributed by atoms with van der Waals surface area (Å²) in [5, 5.41) is 0.644. The number of fused-ring (bicyclic) bond motifs is 1. The number of aryl methyl sites for hydroxylation is 2. The molecule has 0 saturated carbocycles. The van der Waals surface area contributed by atoms with E-state index in [0.717, 1.165) is 31.4 Å². The number of alkyl halides is 3. The summed E-state index contributed by atoms with van der Waals surface area (Å²) in [6.45, 7) is 5.18. The van der Waals surface area contributed by atoms with Gasteiger partial charge in [-0.2, -0.15) is 13.2 Å². The Morgan fingerprint density at radius 2 is 1.86 bits per heavy atom. The van der Waals surface area contributed by atoms with E-state index in [4.69, 9.17) is 23.2 Å². The number of likely N-dealkylation sites (tertiary alicyclic amines) is 1. The normalized spacial score (nSPS) is 15.3. The van der Waals surface area contributed by atoms with Crippen LogP contribution in [0.1, 0.15) is 65.5 Å². The van der Waals surface area contributed by atoms with Crippen LogP contribution in [0.25, 0.3) is 11.0 Å². The smallest absolute Gasteiger partial charge is 0.339 e. The first-order valence-electron chi connectivity index (χ1n) is 11.8. The molecule has 2 heterocycles. The van der Waals surface area contributed by atoms with Crippen molar-refractivity contribution in [3.8, 4) is 0 Å². The second-order valence-corrected chi connectivity index (χ2v) is 10.1. The van der Waals surface area contributed by atoms with Gasteiger partial charge in [-0.1, -0.05) is 43.0 Å². The van der Waals surface area contributed by atoms with Gasteiger partial charge in [-0.15, -0.1) is 0 Å². The van der Waals surface area contributed by atoms with E-state index >= 15 is 0 Å². The predicted octanol–water partition coefficient (Wildman–Crippen LogP) is 7.45. The van der Waals surface area contributed by atoms with Crippen LogP contribution in [0.3, 0.4) is 0 Å². The molecule has 2 aromatic carbocycles. The number of aromatic nitrogens is 2. The summed E-state index contributed by atoms with van der Waals surface area (Å²) >= 11 is 13.2. The van der Waals surface area contributed by atoms with E-state index in [2.05, 4.69) is 11.9 Å². The molecule has 0 aliphatic carbocycles. The average Bonchev–Trinajstić information content (AvgIpc) is 3.12. The molecule has 1 aliphatic rings. The summed E-state index contributed by atoms with van der Waals surface area (Å²) in [6, 6.07) is 5.49. The third-order valence-corrected chi connectivity index (χ3v) is 7.73. The largest absolute Gasteiger partial charge is 0.416 e. The van der Waals surface area contributed by atoms with Crippen molar-refractivity contribution >= 4 is 40.1 Å². The molecule has 0 spiro atoms. The molecule has 1 aromatic heterocycles. The van der Waals surface area contributed by atoms with Crippen molar-refractivity contribution in [2.24, 2.45) is 13.0 Å². The molecule has 1 saturated heterocycles. The number of carbonyl (C=O) groups excluding carboxylic acids is 1. The molecule has 4 rings (SSSR count). The van der Waals surface area contributed by atoms with Crippen LogP contribution in [0.5, 0.6) is 0 Å². The minimum Gasteiger partial charge on any atom is -0.339 e. The number of piperidine rings is 1. The van der Waals surface area contributed by atoms with Gasteiger partial charge in [0.1, 0.15) is 5.82 Å². The van der Waals surface area contributed by atoms with E-state index in [1.54, 1.807) is 30.7 Å². The van der Waals surface area contributed by atoms with E-state index < -0.39 is 11.7 Å². The highest BCUT2D eigenvalue weighted by molar-refractivity contribution is 6.38. The lowest BCUT2D eigenvalue weighted by atomic mass is 9.92. The third kappa shape index (κ3) is 5.17. The summed E-state index contributed by atoms with van der Waals surface area (Å²) in [4.78, 5) is 19.7. The number of nitrogens with zero attached hydrogens (tertiary/aromatic N) is 3. The molecule has 3 aromatic rings. The minimum absolute atomic E-state index is 0.126. The van der Waals surface area contributed by atoms with Gasteiger partial charge in [-0.3, -0.25) is 4.79 Å². The molecule has 1 fully saturated rings. The first-order valence-corrected chi connectivity index (χ1v) is 12.6. The van der Waals surface area contributed by atoms with Crippen molar-refractivity contribution in [2.45, 2.75) is 52.1 Å². The van der Waals surface area contributed by atoms with Gasteiger partial charge in [0.2, 0.25) is 0 Å². The maximum Gasteiger partial charge on any atom is 0.416 e. The van der Waals surface area contributed by atoms with Crippen LogP contribution in [0.2, 0.25) is 10.0 Å². The minimum atomic E-state index is -4.45. The van der Waals surface area contributed by atoms with E-state index in [9.17, 15) is 18.0 Å². The maximum atomic E-state index is 13.3. The van der Waals surface area contributed by atoms with Crippen molar-refractivity contribution in [1.82, 2.24) is 14.5 Å². The molecule has 9 heteroatoms. The Morgan fingerprint density at radius 1 is 1.17 bits per heavy atom. The van der Waals surface area contributed by atoms with E-state index in [-0.39, 0.29) is 17.4 Å². The van der Waals surface area contributed by atoms with Crippen molar-refractivity contribution in [2.75, 3.05) is 13.1 Å². The van der Waals surface area contributed by atoms with Crippen LogP contribution in [0, 0.1) is 12.8 Å². The molecule has 1 amide bonds. The average molecular weight is 526 g/mol. The Hall–Kier alpha value is -2.25. The van der Waals surface area contributed by atoms with Crippen LogP contribution in [0.15, 0.2) is 24.3 Å². The highest BCUT2D eigenvalue weighted by Gasteiger charge is 2.32. The fourth-order valence-electron chi connectivity index (χ4n) is 4.91. The Balaban J connectivity index is 1.64. The van der Waals surface area contributed by atoms with Crippen LogP contribution >= 0.6 is 23.2 Å². The topological polar surface area (TPSA) is 38.1 Å². The zero-order valence-corrected chi connectivity index (χ0v) is 21.5. The molecular weight excluding hydrogens is 498 g/mol. The Morgan fingerprint density at radius 3 is 2.49 bits per heavy atom. The molecule has 0 bridgehead atoms. The van der Waals surface area contributed by atoms with Crippen LogP contribution in [0.4, 0.5) is 13.2 Å². The van der Waals surface area contributed by atoms with Gasteiger partial charge in [0.15, 0.2) is 0 Å². The molecule has 0 radical (unpaired) electrons. The molecular formula is C26H28Cl2F3N3O. The lowest BCUT2D eigenvalue weighted by Gasteiger charge is -2.32. The number of rotatable bonds is 5. The van der Waals surface area contributed by atoms with E-state index in [1.165, 1.54) is 6.42 Å². The number of hydrogen-bond acceptors (Lipinski definition) is 2. The van der Waals surface area contributed by atoms with Crippen LogP contribution in [-0.2, 0) is 19.6 Å². The highest BCUT2D eigenvalue weighted by atomic mass is 35.5. The van der Waals surface area contributed by atoms with Gasteiger partial charge < -0.3 is 9.47 Å². The fourth-order valence-corrected chi connectivity index (χ4v) is 5.50. The Bertz CT molecular complexity index is 1260. The van der Waals surface area contributed by atoms with Crippen LogP contribution < -0.4 is 0 Å². The standard InChI is InChI=1S/C26H28Cl2F3N3O/c1-4-5-16-8-10-34(11-9-16)25(35)18-6-7-20(27)19(23(18)28)14-22-32-24-15(2)12-17(26(29,30)31)13-21(24)33(22)3/h6-7,12-13,16H,4-5,8-11,14H2,1-3H3. The molecule has 35 heavy (non-hydrogen) atoms. The molecule has 1 aliphatic heterocycles. The van der Waals surface area contributed by atoms with Gasteiger partial charge in [0.05, 0.1) is 27.2 Å². The van der Waals surface area contributed by atoms with E-state index in [0.29, 0.717) is 57.6 Å². The summed E-state index contributed by atoms with van der Waals surface area (Å²) in [5.41, 5.74) is 1.50. The van der Waals surface area contributed by atoms with Crippen molar-refractivity contribution in [3.05, 3.63) is 62.4 Å². The van der Waals surface area contributed by atoms with Gasteiger partial charge in [0.25, 0.3) is 5.91 Å². The second-order valence-electron chi connectivity index (χ2n) is 9.33. The first kappa shape index (κ1) is 25.8. The molecule has 188 valence electrons. The molecule has 0 atom stereocenters. The summed E-state index contributed by atoms with van der Waals surface area (Å²) in [5.74, 6) is 1.04. The van der Waals surface area contributed by atoms with Crippen molar-refractivity contribution in [3.63, 3.8) is 0 Å². The number of hydrogen-bond donors (Lipinski definition) is 0. The van der Waals surface area contributed by atoms with Gasteiger partial charge in [0, 0.05) is 31.6 Å². The predicted molar refractivity (Wildman–Crippen MR) is 133 cm³/mol. The van der Waals surface area contributed by atoms with Crippen molar-refractivity contribution < 1.29 is 18.0 Å². The Kier molecular flexibility index (Phi) is 7.39. The highest BCUT2D eigenvalue weighted by Crippen LogP contribution is 2.35. The SMILES string of the molecule is CCCC1CCN(C(=O)c2ccc(Cl)c(Cc3nc4c(C)cc(C(F)(F)F)cc4n3C)c2Cl)CC1. The maximum absolute atomic E-state index is 13.3. The third-order valence-electron chi connectivity index (χ3n) is 6.95. The second kappa shape index (κ2) is 10.0. The number of amides is 1.